The summed E-state index contributed by atoms with van der Waals surface area (Å²) in [4.78, 5) is 11.2. The lowest BCUT2D eigenvalue weighted by molar-refractivity contribution is 0.259. The van der Waals surface area contributed by atoms with Crippen molar-refractivity contribution in [3.8, 4) is 0 Å². The number of benzene rings is 2. The number of hydrogen-bond acceptors (Lipinski definition) is 3. The second-order valence-electron chi connectivity index (χ2n) is 7.36. The summed E-state index contributed by atoms with van der Waals surface area (Å²) in [7, 11) is -3.78. The van der Waals surface area contributed by atoms with Gasteiger partial charge in [-0.3, -0.25) is 4.72 Å². The molecule has 7 heteroatoms. The summed E-state index contributed by atoms with van der Waals surface area (Å²) in [6, 6.07) is 9.48. The molecular formula is C19H25N3O3S. The van der Waals surface area contributed by atoms with Gasteiger partial charge >= 0.3 is 6.03 Å². The van der Waals surface area contributed by atoms with E-state index in [-0.39, 0.29) is 10.3 Å². The molecule has 2 rings (SSSR count). The molecule has 0 spiro atoms. The van der Waals surface area contributed by atoms with Gasteiger partial charge < -0.3 is 11.1 Å². The molecule has 0 bridgehead atoms. The number of hydrogen-bond donors (Lipinski definition) is 3. The predicted octanol–water partition coefficient (Wildman–Crippen LogP) is 3.89. The van der Waals surface area contributed by atoms with Crippen molar-refractivity contribution in [1.82, 2.24) is 0 Å². The Kier molecular flexibility index (Phi) is 5.32. The zero-order valence-corrected chi connectivity index (χ0v) is 16.5. The van der Waals surface area contributed by atoms with Crippen LogP contribution in [0.5, 0.6) is 0 Å². The number of carbonyl (C=O) groups excluding carboxylic acids is 1. The van der Waals surface area contributed by atoms with Crippen LogP contribution in [0.2, 0.25) is 0 Å². The van der Waals surface area contributed by atoms with Crippen molar-refractivity contribution in [3.63, 3.8) is 0 Å². The first-order valence-corrected chi connectivity index (χ1v) is 9.69. The SMILES string of the molecule is Cc1cc(C(C)(C)C)cc(C)c1S(=O)(=O)Nc1cccc(NC(N)=O)c1. The average Bonchev–Trinajstić information content (AvgIpc) is 2.44. The maximum atomic E-state index is 12.9. The van der Waals surface area contributed by atoms with E-state index in [1.54, 1.807) is 32.0 Å². The van der Waals surface area contributed by atoms with E-state index in [4.69, 9.17) is 5.73 Å². The van der Waals surface area contributed by atoms with Gasteiger partial charge in [0.05, 0.1) is 10.6 Å². The lowest BCUT2D eigenvalue weighted by Crippen LogP contribution is -2.20. The number of sulfonamides is 1. The van der Waals surface area contributed by atoms with Crippen molar-refractivity contribution < 1.29 is 13.2 Å². The number of rotatable bonds is 4. The first-order valence-electron chi connectivity index (χ1n) is 8.21. The zero-order chi connectivity index (χ0) is 19.7. The fourth-order valence-electron chi connectivity index (χ4n) is 2.82. The number of primary amides is 1. The number of nitrogens with one attached hydrogen (secondary N) is 2. The van der Waals surface area contributed by atoms with E-state index in [2.05, 4.69) is 30.8 Å². The van der Waals surface area contributed by atoms with Crippen LogP contribution < -0.4 is 15.8 Å². The molecule has 2 aromatic rings. The molecule has 6 nitrogen and oxygen atoms in total. The van der Waals surface area contributed by atoms with Gasteiger partial charge in [-0.2, -0.15) is 0 Å². The van der Waals surface area contributed by atoms with Crippen LogP contribution in [0, 0.1) is 13.8 Å². The Morgan fingerprint density at radius 2 is 1.54 bits per heavy atom. The van der Waals surface area contributed by atoms with Gasteiger partial charge in [-0.05, 0) is 54.2 Å². The highest BCUT2D eigenvalue weighted by Gasteiger charge is 2.23. The van der Waals surface area contributed by atoms with E-state index in [0.717, 1.165) is 5.56 Å². The van der Waals surface area contributed by atoms with Crippen molar-refractivity contribution >= 4 is 27.4 Å². The van der Waals surface area contributed by atoms with Gasteiger partial charge in [0.15, 0.2) is 0 Å². The van der Waals surface area contributed by atoms with E-state index in [1.807, 2.05) is 12.1 Å². The highest BCUT2D eigenvalue weighted by atomic mass is 32.2. The Hall–Kier alpha value is -2.54. The van der Waals surface area contributed by atoms with E-state index in [1.165, 1.54) is 6.07 Å². The minimum Gasteiger partial charge on any atom is -0.351 e. The molecule has 4 N–H and O–H groups in total. The van der Waals surface area contributed by atoms with Gasteiger partial charge in [0.2, 0.25) is 0 Å². The summed E-state index contributed by atoms with van der Waals surface area (Å²) in [6.45, 7) is 9.85. The fourth-order valence-corrected chi connectivity index (χ4v) is 4.32. The molecule has 0 aliphatic carbocycles. The monoisotopic (exact) mass is 375 g/mol. The van der Waals surface area contributed by atoms with E-state index >= 15 is 0 Å². The van der Waals surface area contributed by atoms with Crippen LogP contribution in [0.25, 0.3) is 0 Å². The molecule has 0 saturated carbocycles. The van der Waals surface area contributed by atoms with Crippen LogP contribution in [0.3, 0.4) is 0 Å². The molecule has 0 saturated heterocycles. The number of nitrogens with two attached hydrogens (primary N) is 1. The Morgan fingerprint density at radius 3 is 2.04 bits per heavy atom. The normalized spacial score (nSPS) is 11.9. The number of urea groups is 1. The molecule has 0 atom stereocenters. The molecule has 0 heterocycles. The van der Waals surface area contributed by atoms with Crippen LogP contribution in [-0.2, 0) is 15.4 Å². The topological polar surface area (TPSA) is 101 Å². The van der Waals surface area contributed by atoms with Gasteiger partial charge in [-0.25, -0.2) is 13.2 Å². The molecule has 0 aliphatic heterocycles. The number of carbonyl (C=O) groups is 1. The number of aryl methyl sites for hydroxylation is 2. The highest BCUT2D eigenvalue weighted by Crippen LogP contribution is 2.30. The van der Waals surface area contributed by atoms with E-state index < -0.39 is 16.1 Å². The Balaban J connectivity index is 2.41. The second kappa shape index (κ2) is 6.99. The second-order valence-corrected chi connectivity index (χ2v) is 8.98. The maximum Gasteiger partial charge on any atom is 0.316 e. The molecule has 2 amide bonds. The van der Waals surface area contributed by atoms with Crippen LogP contribution >= 0.6 is 0 Å². The molecule has 0 aliphatic rings. The van der Waals surface area contributed by atoms with Crippen molar-refractivity contribution in [1.29, 1.82) is 0 Å². The largest absolute Gasteiger partial charge is 0.351 e. The number of amides is 2. The summed E-state index contributed by atoms with van der Waals surface area (Å²) >= 11 is 0. The smallest absolute Gasteiger partial charge is 0.316 e. The van der Waals surface area contributed by atoms with E-state index in [0.29, 0.717) is 22.5 Å². The Morgan fingerprint density at radius 1 is 1.00 bits per heavy atom. The predicted molar refractivity (Wildman–Crippen MR) is 105 cm³/mol. The van der Waals surface area contributed by atoms with Gasteiger partial charge in [-0.15, -0.1) is 0 Å². The standard InChI is InChI=1S/C19H25N3O3S/c1-12-9-14(19(3,4)5)10-13(2)17(12)26(24,25)22-16-8-6-7-15(11-16)21-18(20)23/h6-11,22H,1-5H3,(H3,20,21,23). The van der Waals surface area contributed by atoms with E-state index in [9.17, 15) is 13.2 Å². The van der Waals surface area contributed by atoms with Gasteiger partial charge in [0, 0.05) is 5.69 Å². The van der Waals surface area contributed by atoms with Crippen LogP contribution in [0.15, 0.2) is 41.3 Å². The van der Waals surface area contributed by atoms with Gasteiger partial charge in [0.25, 0.3) is 10.0 Å². The molecule has 0 fully saturated rings. The van der Waals surface area contributed by atoms with Gasteiger partial charge in [0.1, 0.15) is 0 Å². The minimum atomic E-state index is -3.78. The molecule has 0 radical (unpaired) electrons. The third kappa shape index (κ3) is 4.54. The van der Waals surface area contributed by atoms with Crippen molar-refractivity contribution in [3.05, 3.63) is 53.1 Å². The van der Waals surface area contributed by atoms with Crippen molar-refractivity contribution in [2.45, 2.75) is 44.9 Å². The van der Waals surface area contributed by atoms with Crippen molar-refractivity contribution in [2.24, 2.45) is 5.73 Å². The third-order valence-electron chi connectivity index (χ3n) is 3.98. The molecular weight excluding hydrogens is 350 g/mol. The van der Waals surface area contributed by atoms with Crippen LogP contribution in [0.1, 0.15) is 37.5 Å². The summed E-state index contributed by atoms with van der Waals surface area (Å²) in [5, 5.41) is 2.42. The summed E-state index contributed by atoms with van der Waals surface area (Å²) in [5.41, 5.74) is 8.24. The minimum absolute atomic E-state index is 0.0694. The zero-order valence-electron chi connectivity index (χ0n) is 15.7. The Labute approximate surface area is 154 Å². The fraction of sp³-hybridized carbons (Fsp3) is 0.316. The van der Waals surface area contributed by atoms with Gasteiger partial charge in [-0.1, -0.05) is 39.0 Å². The Bertz CT molecular complexity index is 922. The van der Waals surface area contributed by atoms with Crippen LogP contribution in [0.4, 0.5) is 16.2 Å². The molecule has 26 heavy (non-hydrogen) atoms. The molecule has 2 aromatic carbocycles. The summed E-state index contributed by atoms with van der Waals surface area (Å²) in [6.07, 6.45) is 0. The first kappa shape index (κ1) is 19.8. The molecule has 0 unspecified atom stereocenters. The first-order chi connectivity index (χ1) is 11.9. The quantitative estimate of drug-likeness (QED) is 0.755. The van der Waals surface area contributed by atoms with Crippen LogP contribution in [-0.4, -0.2) is 14.4 Å². The maximum absolute atomic E-state index is 12.9. The van der Waals surface area contributed by atoms with Crippen molar-refractivity contribution in [2.75, 3.05) is 10.0 Å². The lowest BCUT2D eigenvalue weighted by atomic mass is 9.85. The summed E-state index contributed by atoms with van der Waals surface area (Å²) < 4.78 is 28.4. The third-order valence-corrected chi connectivity index (χ3v) is 5.66. The average molecular weight is 375 g/mol. The number of anilines is 2. The molecule has 140 valence electrons. The highest BCUT2D eigenvalue weighted by molar-refractivity contribution is 7.92. The summed E-state index contributed by atoms with van der Waals surface area (Å²) in [5.74, 6) is 0. The lowest BCUT2D eigenvalue weighted by Gasteiger charge is -2.22. The molecule has 0 aromatic heterocycles.